The number of aromatic nitrogens is 1. The van der Waals surface area contributed by atoms with E-state index in [0.29, 0.717) is 6.04 Å². The van der Waals surface area contributed by atoms with Gasteiger partial charge in [0.2, 0.25) is 0 Å². The van der Waals surface area contributed by atoms with E-state index in [2.05, 4.69) is 30.2 Å². The zero-order valence-electron chi connectivity index (χ0n) is 9.66. The van der Waals surface area contributed by atoms with Crippen LogP contribution in [-0.2, 0) is 0 Å². The van der Waals surface area contributed by atoms with Gasteiger partial charge >= 0.3 is 0 Å². The minimum Gasteiger partial charge on any atom is -0.367 e. The highest BCUT2D eigenvalue weighted by Gasteiger charge is 2.20. The maximum absolute atomic E-state index is 4.36. The van der Waals surface area contributed by atoms with Crippen molar-refractivity contribution in [3.8, 4) is 0 Å². The van der Waals surface area contributed by atoms with E-state index < -0.39 is 0 Å². The zero-order valence-corrected chi connectivity index (χ0v) is 9.66. The van der Waals surface area contributed by atoms with Gasteiger partial charge in [-0.3, -0.25) is 0 Å². The summed E-state index contributed by atoms with van der Waals surface area (Å²) in [5.41, 5.74) is 1.27. The van der Waals surface area contributed by atoms with Crippen LogP contribution in [0.25, 0.3) is 0 Å². The highest BCUT2D eigenvalue weighted by molar-refractivity contribution is 5.38. The van der Waals surface area contributed by atoms with Gasteiger partial charge in [0.05, 0.1) is 0 Å². The summed E-state index contributed by atoms with van der Waals surface area (Å²) in [5.74, 6) is 1.81. The molecular formula is C13H20N2. The first-order valence-electron chi connectivity index (χ1n) is 5.95. The van der Waals surface area contributed by atoms with E-state index in [1.54, 1.807) is 0 Å². The van der Waals surface area contributed by atoms with Crippen LogP contribution >= 0.6 is 0 Å². The first-order chi connectivity index (χ1) is 7.25. The second kappa shape index (κ2) is 4.65. The van der Waals surface area contributed by atoms with Crippen LogP contribution in [0.1, 0.15) is 38.2 Å². The van der Waals surface area contributed by atoms with Crippen LogP contribution in [0, 0.1) is 12.8 Å². The number of nitrogens with one attached hydrogen (secondary N) is 1. The molecule has 2 nitrogen and oxygen atoms in total. The van der Waals surface area contributed by atoms with Crippen LogP contribution in [0.2, 0.25) is 0 Å². The third-order valence-electron chi connectivity index (χ3n) is 3.36. The van der Waals surface area contributed by atoms with Gasteiger partial charge < -0.3 is 5.32 Å². The summed E-state index contributed by atoms with van der Waals surface area (Å²) < 4.78 is 0. The topological polar surface area (TPSA) is 24.9 Å². The Kier molecular flexibility index (Phi) is 3.24. The van der Waals surface area contributed by atoms with Gasteiger partial charge in [-0.2, -0.15) is 0 Å². The van der Waals surface area contributed by atoms with Gasteiger partial charge in [0.1, 0.15) is 5.82 Å². The monoisotopic (exact) mass is 204 g/mol. The second-order valence-corrected chi connectivity index (χ2v) is 4.73. The molecular weight excluding hydrogens is 184 g/mol. The van der Waals surface area contributed by atoms with E-state index in [0.717, 1.165) is 11.7 Å². The lowest BCUT2D eigenvalue weighted by atomic mass is 9.86. The Labute approximate surface area is 92.1 Å². The number of rotatable bonds is 2. The van der Waals surface area contributed by atoms with Gasteiger partial charge in [0, 0.05) is 12.2 Å². The van der Waals surface area contributed by atoms with Crippen molar-refractivity contribution in [3.05, 3.63) is 23.9 Å². The fraction of sp³-hybridized carbons (Fsp3) is 0.615. The molecule has 1 aliphatic rings. The molecule has 82 valence electrons. The Morgan fingerprint density at radius 1 is 1.33 bits per heavy atom. The number of anilines is 1. The minimum atomic E-state index is 0.619. The van der Waals surface area contributed by atoms with Gasteiger partial charge in [0.15, 0.2) is 0 Å². The molecule has 1 aliphatic carbocycles. The van der Waals surface area contributed by atoms with Crippen molar-refractivity contribution in [3.63, 3.8) is 0 Å². The van der Waals surface area contributed by atoms with Gasteiger partial charge in [-0.15, -0.1) is 0 Å². The molecule has 1 fully saturated rings. The van der Waals surface area contributed by atoms with Crippen molar-refractivity contribution >= 4 is 5.82 Å². The average Bonchev–Trinajstić information content (AvgIpc) is 2.22. The van der Waals surface area contributed by atoms with Gasteiger partial charge in [-0.25, -0.2) is 4.98 Å². The number of hydrogen-bond acceptors (Lipinski definition) is 2. The number of pyridine rings is 1. The van der Waals surface area contributed by atoms with Crippen molar-refractivity contribution in [2.45, 2.75) is 45.6 Å². The lowest BCUT2D eigenvalue weighted by molar-refractivity contribution is 0.349. The van der Waals surface area contributed by atoms with Crippen molar-refractivity contribution in [2.24, 2.45) is 5.92 Å². The molecule has 2 heteroatoms. The molecule has 0 bridgehead atoms. The van der Waals surface area contributed by atoms with E-state index in [-0.39, 0.29) is 0 Å². The third kappa shape index (κ3) is 2.71. The normalized spacial score (nSPS) is 26.3. The van der Waals surface area contributed by atoms with E-state index in [1.165, 1.54) is 31.2 Å². The highest BCUT2D eigenvalue weighted by atomic mass is 15.0. The Bertz CT molecular complexity index is 322. The molecule has 2 rings (SSSR count). The Hall–Kier alpha value is -1.05. The summed E-state index contributed by atoms with van der Waals surface area (Å²) in [6, 6.07) is 4.78. The molecule has 1 heterocycles. The molecule has 0 unspecified atom stereocenters. The molecule has 1 N–H and O–H groups in total. The quantitative estimate of drug-likeness (QED) is 0.798. The maximum atomic E-state index is 4.36. The molecule has 1 saturated carbocycles. The summed E-state index contributed by atoms with van der Waals surface area (Å²) in [6.07, 6.45) is 7.26. The summed E-state index contributed by atoms with van der Waals surface area (Å²) in [4.78, 5) is 4.36. The molecule has 0 aromatic carbocycles. The molecule has 0 radical (unpaired) electrons. The maximum Gasteiger partial charge on any atom is 0.126 e. The number of hydrogen-bond donors (Lipinski definition) is 1. The Balaban J connectivity index is 2.01. The second-order valence-electron chi connectivity index (χ2n) is 4.73. The average molecular weight is 204 g/mol. The predicted molar refractivity (Wildman–Crippen MR) is 64.0 cm³/mol. The first-order valence-corrected chi connectivity index (χ1v) is 5.95. The molecule has 15 heavy (non-hydrogen) atoms. The summed E-state index contributed by atoms with van der Waals surface area (Å²) in [6.45, 7) is 4.45. The summed E-state index contributed by atoms with van der Waals surface area (Å²) in [7, 11) is 0. The van der Waals surface area contributed by atoms with Gasteiger partial charge in [-0.1, -0.05) is 19.8 Å². The lowest BCUT2D eigenvalue weighted by Crippen LogP contribution is -2.30. The lowest BCUT2D eigenvalue weighted by Gasteiger charge is -2.29. The molecule has 1 aromatic rings. The standard InChI is InChI=1S/C13H20N2/c1-10-7-8-14-13(9-10)15-12-6-4-3-5-11(12)2/h7-9,11-12H,3-6H2,1-2H3,(H,14,15)/t11-,12+/m0/s1. The number of nitrogens with zero attached hydrogens (tertiary/aromatic N) is 1. The van der Waals surface area contributed by atoms with Crippen molar-refractivity contribution < 1.29 is 0 Å². The largest absolute Gasteiger partial charge is 0.367 e. The van der Waals surface area contributed by atoms with Crippen LogP contribution in [0.4, 0.5) is 5.82 Å². The Morgan fingerprint density at radius 3 is 2.87 bits per heavy atom. The smallest absolute Gasteiger partial charge is 0.126 e. The highest BCUT2D eigenvalue weighted by Crippen LogP contribution is 2.26. The molecule has 0 aliphatic heterocycles. The van der Waals surface area contributed by atoms with Crippen molar-refractivity contribution in [2.75, 3.05) is 5.32 Å². The van der Waals surface area contributed by atoms with Crippen molar-refractivity contribution in [1.82, 2.24) is 4.98 Å². The molecule has 1 aromatic heterocycles. The fourth-order valence-corrected chi connectivity index (χ4v) is 2.34. The third-order valence-corrected chi connectivity index (χ3v) is 3.36. The summed E-state index contributed by atoms with van der Waals surface area (Å²) in [5, 5.41) is 3.56. The van der Waals surface area contributed by atoms with E-state index in [9.17, 15) is 0 Å². The molecule has 0 amide bonds. The van der Waals surface area contributed by atoms with E-state index >= 15 is 0 Å². The Morgan fingerprint density at radius 2 is 2.13 bits per heavy atom. The van der Waals surface area contributed by atoms with Crippen LogP contribution < -0.4 is 5.32 Å². The zero-order chi connectivity index (χ0) is 10.7. The van der Waals surface area contributed by atoms with Crippen LogP contribution in [0.5, 0.6) is 0 Å². The fourth-order valence-electron chi connectivity index (χ4n) is 2.34. The first kappa shape index (κ1) is 10.5. The minimum absolute atomic E-state index is 0.619. The predicted octanol–water partition coefficient (Wildman–Crippen LogP) is 3.38. The molecule has 0 spiro atoms. The van der Waals surface area contributed by atoms with Crippen molar-refractivity contribution in [1.29, 1.82) is 0 Å². The number of aryl methyl sites for hydroxylation is 1. The molecule has 2 atom stereocenters. The van der Waals surface area contributed by atoms with E-state index in [1.807, 2.05) is 12.3 Å². The van der Waals surface area contributed by atoms with Gasteiger partial charge in [0.25, 0.3) is 0 Å². The van der Waals surface area contributed by atoms with E-state index in [4.69, 9.17) is 0 Å². The van der Waals surface area contributed by atoms with Gasteiger partial charge in [-0.05, 0) is 43.4 Å². The molecule has 0 saturated heterocycles. The summed E-state index contributed by atoms with van der Waals surface area (Å²) >= 11 is 0. The van der Waals surface area contributed by atoms with Crippen LogP contribution in [0.3, 0.4) is 0 Å². The van der Waals surface area contributed by atoms with Crippen LogP contribution in [-0.4, -0.2) is 11.0 Å². The van der Waals surface area contributed by atoms with Crippen LogP contribution in [0.15, 0.2) is 18.3 Å². The SMILES string of the molecule is Cc1ccnc(N[C@@H]2CCCC[C@@H]2C)c1.